The summed E-state index contributed by atoms with van der Waals surface area (Å²) in [7, 11) is -3.42. The molecule has 1 aliphatic carbocycles. The molecule has 1 amide bonds. The summed E-state index contributed by atoms with van der Waals surface area (Å²) in [6, 6.07) is 13.5. The van der Waals surface area contributed by atoms with E-state index in [9.17, 15) is 18.0 Å². The Morgan fingerprint density at radius 1 is 1.15 bits per heavy atom. The number of fused-ring (bicyclic) bond motifs is 1. The van der Waals surface area contributed by atoms with Crippen LogP contribution in [0.5, 0.6) is 0 Å². The van der Waals surface area contributed by atoms with Crippen molar-refractivity contribution < 1.29 is 22.7 Å². The van der Waals surface area contributed by atoms with Gasteiger partial charge in [0, 0.05) is 6.26 Å². The molecule has 1 atom stereocenters. The standard InChI is InChI=1S/C20H21NO5S/c1-27(24,25)16-9-4-8-15(12-16)20(23)26-13-19(22)21-18-11-5-7-14-6-2-3-10-17(14)18/h2-4,6,8-10,12,18H,5,7,11,13H2,1H3,(H,21,22). The summed E-state index contributed by atoms with van der Waals surface area (Å²) in [5.41, 5.74) is 2.42. The fourth-order valence-electron chi connectivity index (χ4n) is 3.21. The van der Waals surface area contributed by atoms with E-state index in [4.69, 9.17) is 4.74 Å². The third kappa shape index (κ3) is 4.74. The number of hydrogen-bond acceptors (Lipinski definition) is 5. The Morgan fingerprint density at radius 3 is 2.70 bits per heavy atom. The fourth-order valence-corrected chi connectivity index (χ4v) is 3.87. The van der Waals surface area contributed by atoms with Crippen molar-refractivity contribution in [2.24, 2.45) is 0 Å². The van der Waals surface area contributed by atoms with Gasteiger partial charge in [0.05, 0.1) is 16.5 Å². The van der Waals surface area contributed by atoms with Gasteiger partial charge in [-0.25, -0.2) is 13.2 Å². The van der Waals surface area contributed by atoms with E-state index >= 15 is 0 Å². The van der Waals surface area contributed by atoms with Crippen molar-refractivity contribution in [2.75, 3.05) is 12.9 Å². The second kappa shape index (κ2) is 7.92. The molecule has 2 aromatic carbocycles. The number of rotatable bonds is 5. The zero-order valence-electron chi connectivity index (χ0n) is 15.0. The topological polar surface area (TPSA) is 89.5 Å². The van der Waals surface area contributed by atoms with Gasteiger partial charge >= 0.3 is 5.97 Å². The largest absolute Gasteiger partial charge is 0.452 e. The molecule has 142 valence electrons. The Balaban J connectivity index is 1.59. The van der Waals surface area contributed by atoms with Gasteiger partial charge < -0.3 is 10.1 Å². The van der Waals surface area contributed by atoms with Crippen LogP contribution in [0.2, 0.25) is 0 Å². The Kier molecular flexibility index (Phi) is 5.60. The number of carbonyl (C=O) groups excluding carboxylic acids is 2. The fraction of sp³-hybridized carbons (Fsp3) is 0.300. The van der Waals surface area contributed by atoms with Crippen LogP contribution in [-0.4, -0.2) is 33.2 Å². The molecule has 3 rings (SSSR count). The van der Waals surface area contributed by atoms with Crippen molar-refractivity contribution in [1.82, 2.24) is 5.32 Å². The van der Waals surface area contributed by atoms with Crippen molar-refractivity contribution in [2.45, 2.75) is 30.2 Å². The summed E-state index contributed by atoms with van der Waals surface area (Å²) < 4.78 is 28.2. The van der Waals surface area contributed by atoms with Crippen molar-refractivity contribution in [1.29, 1.82) is 0 Å². The molecule has 0 radical (unpaired) electrons. The minimum Gasteiger partial charge on any atom is -0.452 e. The highest BCUT2D eigenvalue weighted by atomic mass is 32.2. The van der Waals surface area contributed by atoms with E-state index < -0.39 is 22.4 Å². The maximum absolute atomic E-state index is 12.2. The van der Waals surface area contributed by atoms with Gasteiger partial charge in [0.2, 0.25) is 0 Å². The van der Waals surface area contributed by atoms with Crippen LogP contribution >= 0.6 is 0 Å². The molecule has 1 unspecified atom stereocenters. The third-order valence-corrected chi connectivity index (χ3v) is 5.65. The van der Waals surface area contributed by atoms with Gasteiger partial charge in [-0.3, -0.25) is 4.79 Å². The summed E-state index contributed by atoms with van der Waals surface area (Å²) in [6.45, 7) is -0.416. The molecule has 6 nitrogen and oxygen atoms in total. The Labute approximate surface area is 158 Å². The second-order valence-electron chi connectivity index (χ2n) is 6.59. The van der Waals surface area contributed by atoms with E-state index in [0.717, 1.165) is 31.1 Å². The highest BCUT2D eigenvalue weighted by Gasteiger charge is 2.22. The molecular formula is C20H21NO5S. The number of benzene rings is 2. The molecule has 2 aromatic rings. The number of amides is 1. The summed E-state index contributed by atoms with van der Waals surface area (Å²) in [4.78, 5) is 24.3. The first kappa shape index (κ1) is 19.1. The van der Waals surface area contributed by atoms with Gasteiger partial charge in [-0.2, -0.15) is 0 Å². The van der Waals surface area contributed by atoms with Crippen molar-refractivity contribution in [3.63, 3.8) is 0 Å². The predicted molar refractivity (Wildman–Crippen MR) is 100 cm³/mol. The van der Waals surface area contributed by atoms with E-state index in [1.807, 2.05) is 18.2 Å². The smallest absolute Gasteiger partial charge is 0.338 e. The lowest BCUT2D eigenvalue weighted by molar-refractivity contribution is -0.125. The monoisotopic (exact) mass is 387 g/mol. The zero-order valence-corrected chi connectivity index (χ0v) is 15.8. The quantitative estimate of drug-likeness (QED) is 0.796. The minimum absolute atomic E-state index is 0.0280. The molecule has 0 spiro atoms. The minimum atomic E-state index is -3.42. The van der Waals surface area contributed by atoms with Crippen LogP contribution in [0.1, 0.15) is 40.4 Å². The highest BCUT2D eigenvalue weighted by Crippen LogP contribution is 2.29. The normalized spacial score (nSPS) is 16.3. The number of carbonyl (C=O) groups is 2. The lowest BCUT2D eigenvalue weighted by atomic mass is 9.88. The number of sulfone groups is 1. The Hall–Kier alpha value is -2.67. The molecule has 1 aliphatic rings. The lowest BCUT2D eigenvalue weighted by Gasteiger charge is -2.26. The van der Waals surface area contributed by atoms with Crippen LogP contribution in [0.15, 0.2) is 53.4 Å². The molecule has 0 heterocycles. The zero-order chi connectivity index (χ0) is 19.4. The van der Waals surface area contributed by atoms with Crippen LogP contribution in [-0.2, 0) is 25.8 Å². The average Bonchev–Trinajstić information content (AvgIpc) is 2.66. The van der Waals surface area contributed by atoms with Crippen LogP contribution < -0.4 is 5.32 Å². The maximum Gasteiger partial charge on any atom is 0.338 e. The van der Waals surface area contributed by atoms with E-state index in [-0.39, 0.29) is 22.4 Å². The van der Waals surface area contributed by atoms with Crippen molar-refractivity contribution >= 4 is 21.7 Å². The van der Waals surface area contributed by atoms with Gasteiger partial charge in [-0.15, -0.1) is 0 Å². The first-order valence-corrected chi connectivity index (χ1v) is 10.6. The number of aryl methyl sites for hydroxylation is 1. The van der Waals surface area contributed by atoms with Crippen LogP contribution in [0.3, 0.4) is 0 Å². The van der Waals surface area contributed by atoms with Crippen LogP contribution in [0, 0.1) is 0 Å². The molecule has 7 heteroatoms. The highest BCUT2D eigenvalue weighted by molar-refractivity contribution is 7.90. The van der Waals surface area contributed by atoms with E-state index in [1.54, 1.807) is 0 Å². The molecule has 27 heavy (non-hydrogen) atoms. The molecule has 1 N–H and O–H groups in total. The second-order valence-corrected chi connectivity index (χ2v) is 8.60. The van der Waals surface area contributed by atoms with E-state index in [0.29, 0.717) is 0 Å². The molecule has 0 saturated heterocycles. The van der Waals surface area contributed by atoms with Gasteiger partial charge in [0.1, 0.15) is 0 Å². The number of nitrogens with one attached hydrogen (secondary N) is 1. The molecule has 0 bridgehead atoms. The first-order valence-electron chi connectivity index (χ1n) is 8.69. The summed E-state index contributed by atoms with van der Waals surface area (Å²) in [5, 5.41) is 2.91. The van der Waals surface area contributed by atoms with Gasteiger partial charge in [-0.1, -0.05) is 30.3 Å². The van der Waals surface area contributed by atoms with Gasteiger partial charge in [0.15, 0.2) is 16.4 Å². The van der Waals surface area contributed by atoms with Gasteiger partial charge in [-0.05, 0) is 48.6 Å². The molecular weight excluding hydrogens is 366 g/mol. The number of hydrogen-bond donors (Lipinski definition) is 1. The molecule has 0 aromatic heterocycles. The Morgan fingerprint density at radius 2 is 1.93 bits per heavy atom. The van der Waals surface area contributed by atoms with E-state index in [2.05, 4.69) is 11.4 Å². The Bertz CT molecular complexity index is 968. The number of esters is 1. The SMILES string of the molecule is CS(=O)(=O)c1cccc(C(=O)OCC(=O)NC2CCCc3ccccc32)c1. The lowest BCUT2D eigenvalue weighted by Crippen LogP contribution is -2.34. The van der Waals surface area contributed by atoms with E-state index in [1.165, 1.54) is 29.8 Å². The third-order valence-electron chi connectivity index (χ3n) is 4.54. The van der Waals surface area contributed by atoms with Crippen LogP contribution in [0.4, 0.5) is 0 Å². The number of ether oxygens (including phenoxy) is 1. The molecule has 0 saturated carbocycles. The molecule has 0 aliphatic heterocycles. The summed E-state index contributed by atoms with van der Waals surface area (Å²) in [5.74, 6) is -1.12. The maximum atomic E-state index is 12.2. The average molecular weight is 387 g/mol. The van der Waals surface area contributed by atoms with Crippen LogP contribution in [0.25, 0.3) is 0 Å². The molecule has 0 fully saturated rings. The summed E-state index contributed by atoms with van der Waals surface area (Å²) >= 11 is 0. The van der Waals surface area contributed by atoms with Gasteiger partial charge in [0.25, 0.3) is 5.91 Å². The summed E-state index contributed by atoms with van der Waals surface area (Å²) in [6.07, 6.45) is 3.88. The van der Waals surface area contributed by atoms with Crippen molar-refractivity contribution in [3.8, 4) is 0 Å². The predicted octanol–water partition coefficient (Wildman–Crippen LogP) is 2.44. The van der Waals surface area contributed by atoms with Crippen molar-refractivity contribution in [3.05, 3.63) is 65.2 Å². The first-order chi connectivity index (χ1) is 12.8.